The molecule has 0 amide bonds. The van der Waals surface area contributed by atoms with E-state index in [0.29, 0.717) is 24.6 Å². The highest BCUT2D eigenvalue weighted by molar-refractivity contribution is 5.50. The van der Waals surface area contributed by atoms with Gasteiger partial charge in [-0.25, -0.2) is 4.98 Å². The second kappa shape index (κ2) is 7.89. The van der Waals surface area contributed by atoms with Crippen LogP contribution >= 0.6 is 0 Å². The summed E-state index contributed by atoms with van der Waals surface area (Å²) in [5, 5.41) is 12.5. The van der Waals surface area contributed by atoms with Crippen molar-refractivity contribution in [3.05, 3.63) is 18.3 Å². The Kier molecular flexibility index (Phi) is 6.46. The van der Waals surface area contributed by atoms with Gasteiger partial charge >= 0.3 is 0 Å². The Labute approximate surface area is 108 Å². The van der Waals surface area contributed by atoms with Gasteiger partial charge in [0.1, 0.15) is 0 Å². The Morgan fingerprint density at radius 1 is 1.44 bits per heavy atom. The smallest absolute Gasteiger partial charge is 0.169 e. The molecule has 2 N–H and O–H groups in total. The van der Waals surface area contributed by atoms with Crippen LogP contribution in [0.1, 0.15) is 20.3 Å². The van der Waals surface area contributed by atoms with E-state index in [4.69, 9.17) is 9.47 Å². The predicted molar refractivity (Wildman–Crippen MR) is 71.0 cm³/mol. The number of nitrogens with zero attached hydrogens (tertiary/aromatic N) is 1. The molecule has 0 radical (unpaired) electrons. The lowest BCUT2D eigenvalue weighted by Gasteiger charge is -2.19. The maximum atomic E-state index is 9.30. The molecule has 1 aromatic rings. The van der Waals surface area contributed by atoms with E-state index in [-0.39, 0.29) is 18.8 Å². The highest BCUT2D eigenvalue weighted by atomic mass is 16.5. The average Bonchev–Trinajstić information content (AvgIpc) is 2.35. The van der Waals surface area contributed by atoms with Crippen molar-refractivity contribution in [3.8, 4) is 5.75 Å². The molecule has 18 heavy (non-hydrogen) atoms. The predicted octanol–water partition coefficient (Wildman–Crippen LogP) is 1.68. The van der Waals surface area contributed by atoms with E-state index in [1.54, 1.807) is 13.3 Å². The zero-order valence-corrected chi connectivity index (χ0v) is 11.2. The number of anilines is 1. The minimum atomic E-state index is -0.0886. The third-order valence-corrected chi connectivity index (χ3v) is 2.37. The van der Waals surface area contributed by atoms with Crippen molar-refractivity contribution in [2.75, 3.05) is 25.6 Å². The lowest BCUT2D eigenvalue weighted by atomic mass is 10.2. The van der Waals surface area contributed by atoms with Gasteiger partial charge in [-0.1, -0.05) is 0 Å². The summed E-state index contributed by atoms with van der Waals surface area (Å²) in [5.74, 6) is 1.35. The summed E-state index contributed by atoms with van der Waals surface area (Å²) in [4.78, 5) is 4.24. The standard InChI is InChI=1S/C13H22N2O3/c1-10(2)18-12-5-4-7-14-13(12)15-11(9-16)6-8-17-3/h4-5,7,10-11,16H,6,8-9H2,1-3H3,(H,14,15). The van der Waals surface area contributed by atoms with E-state index in [2.05, 4.69) is 10.3 Å². The van der Waals surface area contributed by atoms with Crippen LogP contribution in [-0.4, -0.2) is 42.6 Å². The number of rotatable bonds is 8. The average molecular weight is 254 g/mol. The molecule has 102 valence electrons. The second-order valence-corrected chi connectivity index (χ2v) is 4.32. The monoisotopic (exact) mass is 254 g/mol. The number of ether oxygens (including phenoxy) is 2. The largest absolute Gasteiger partial charge is 0.487 e. The molecule has 1 heterocycles. The van der Waals surface area contributed by atoms with Crippen molar-refractivity contribution in [1.82, 2.24) is 4.98 Å². The topological polar surface area (TPSA) is 63.6 Å². The Hall–Kier alpha value is -1.33. The zero-order valence-electron chi connectivity index (χ0n) is 11.2. The molecule has 0 saturated carbocycles. The molecule has 0 bridgehead atoms. The molecular weight excluding hydrogens is 232 g/mol. The van der Waals surface area contributed by atoms with Gasteiger partial charge in [-0.05, 0) is 32.4 Å². The minimum Gasteiger partial charge on any atom is -0.487 e. The molecule has 1 rings (SSSR count). The Morgan fingerprint density at radius 3 is 2.83 bits per heavy atom. The first kappa shape index (κ1) is 14.7. The number of aliphatic hydroxyl groups excluding tert-OH is 1. The van der Waals surface area contributed by atoms with Gasteiger partial charge in [-0.3, -0.25) is 0 Å². The molecule has 5 nitrogen and oxygen atoms in total. The lowest BCUT2D eigenvalue weighted by molar-refractivity contribution is 0.174. The molecule has 0 aliphatic carbocycles. The molecule has 0 aromatic carbocycles. The third-order valence-electron chi connectivity index (χ3n) is 2.37. The van der Waals surface area contributed by atoms with Gasteiger partial charge in [0, 0.05) is 19.9 Å². The quantitative estimate of drug-likeness (QED) is 0.739. The van der Waals surface area contributed by atoms with Crippen LogP contribution in [0.5, 0.6) is 5.75 Å². The Balaban J connectivity index is 2.69. The molecule has 5 heteroatoms. The summed E-state index contributed by atoms with van der Waals surface area (Å²) < 4.78 is 10.7. The fourth-order valence-corrected chi connectivity index (χ4v) is 1.51. The number of aromatic nitrogens is 1. The van der Waals surface area contributed by atoms with Crippen molar-refractivity contribution in [1.29, 1.82) is 0 Å². The first-order chi connectivity index (χ1) is 8.67. The van der Waals surface area contributed by atoms with Crippen LogP contribution in [0.4, 0.5) is 5.82 Å². The second-order valence-electron chi connectivity index (χ2n) is 4.32. The maximum Gasteiger partial charge on any atom is 0.169 e. The number of nitrogens with one attached hydrogen (secondary N) is 1. The van der Waals surface area contributed by atoms with Crippen LogP contribution in [0.2, 0.25) is 0 Å². The molecule has 0 aliphatic heterocycles. The minimum absolute atomic E-state index is 0.0288. The van der Waals surface area contributed by atoms with Gasteiger partial charge in [-0.2, -0.15) is 0 Å². The van der Waals surface area contributed by atoms with Gasteiger partial charge in [0.2, 0.25) is 0 Å². The highest BCUT2D eigenvalue weighted by Gasteiger charge is 2.12. The molecule has 0 aliphatic rings. The molecule has 1 atom stereocenters. The summed E-state index contributed by atoms with van der Waals surface area (Å²) in [7, 11) is 1.64. The fourth-order valence-electron chi connectivity index (χ4n) is 1.51. The van der Waals surface area contributed by atoms with Crippen LogP contribution in [0.15, 0.2) is 18.3 Å². The molecule has 1 unspecified atom stereocenters. The van der Waals surface area contributed by atoms with Crippen LogP contribution < -0.4 is 10.1 Å². The number of methoxy groups -OCH3 is 1. The van der Waals surface area contributed by atoms with Crippen molar-refractivity contribution >= 4 is 5.82 Å². The zero-order chi connectivity index (χ0) is 13.4. The van der Waals surface area contributed by atoms with Gasteiger partial charge in [-0.15, -0.1) is 0 Å². The Morgan fingerprint density at radius 2 is 2.22 bits per heavy atom. The number of aliphatic hydroxyl groups is 1. The molecule has 0 saturated heterocycles. The third kappa shape index (κ3) is 4.89. The first-order valence-corrected chi connectivity index (χ1v) is 6.15. The van der Waals surface area contributed by atoms with Gasteiger partial charge in [0.15, 0.2) is 11.6 Å². The van der Waals surface area contributed by atoms with E-state index in [0.717, 1.165) is 0 Å². The van der Waals surface area contributed by atoms with Gasteiger partial charge in [0.05, 0.1) is 18.8 Å². The van der Waals surface area contributed by atoms with E-state index >= 15 is 0 Å². The van der Waals surface area contributed by atoms with Crippen molar-refractivity contribution in [2.45, 2.75) is 32.4 Å². The van der Waals surface area contributed by atoms with E-state index in [9.17, 15) is 5.11 Å². The van der Waals surface area contributed by atoms with E-state index in [1.807, 2.05) is 26.0 Å². The summed E-state index contributed by atoms with van der Waals surface area (Å²) >= 11 is 0. The SMILES string of the molecule is COCCC(CO)Nc1ncccc1OC(C)C. The fraction of sp³-hybridized carbons (Fsp3) is 0.615. The summed E-state index contributed by atoms with van der Waals surface area (Å²) in [6, 6.07) is 3.60. The number of hydrogen-bond donors (Lipinski definition) is 2. The molecular formula is C13H22N2O3. The summed E-state index contributed by atoms with van der Waals surface area (Å²) in [6.45, 7) is 4.54. The van der Waals surface area contributed by atoms with E-state index < -0.39 is 0 Å². The number of hydrogen-bond acceptors (Lipinski definition) is 5. The van der Waals surface area contributed by atoms with Crippen molar-refractivity contribution in [3.63, 3.8) is 0 Å². The molecule has 0 spiro atoms. The lowest BCUT2D eigenvalue weighted by Crippen LogP contribution is -2.26. The van der Waals surface area contributed by atoms with Crippen molar-refractivity contribution < 1.29 is 14.6 Å². The normalized spacial score (nSPS) is 12.5. The molecule has 0 fully saturated rings. The van der Waals surface area contributed by atoms with Crippen LogP contribution in [0.3, 0.4) is 0 Å². The Bertz CT molecular complexity index is 345. The maximum absolute atomic E-state index is 9.30. The van der Waals surface area contributed by atoms with Gasteiger partial charge < -0.3 is 19.9 Å². The summed E-state index contributed by atoms with van der Waals surface area (Å²) in [6.07, 6.45) is 2.49. The molecule has 1 aromatic heterocycles. The van der Waals surface area contributed by atoms with E-state index in [1.165, 1.54) is 0 Å². The summed E-state index contributed by atoms with van der Waals surface area (Å²) in [5.41, 5.74) is 0. The van der Waals surface area contributed by atoms with Gasteiger partial charge in [0.25, 0.3) is 0 Å². The van der Waals surface area contributed by atoms with Crippen LogP contribution in [-0.2, 0) is 4.74 Å². The van der Waals surface area contributed by atoms with Crippen molar-refractivity contribution in [2.24, 2.45) is 0 Å². The number of pyridine rings is 1. The van der Waals surface area contributed by atoms with Crippen LogP contribution in [0.25, 0.3) is 0 Å². The van der Waals surface area contributed by atoms with Crippen LogP contribution in [0, 0.1) is 0 Å². The first-order valence-electron chi connectivity index (χ1n) is 6.15. The highest BCUT2D eigenvalue weighted by Crippen LogP contribution is 2.23.